The number of carbonyl (C=O) groups is 1. The molecule has 0 heterocycles. The lowest BCUT2D eigenvalue weighted by Crippen LogP contribution is -2.23. The predicted octanol–water partition coefficient (Wildman–Crippen LogP) is 3.00. The van der Waals surface area contributed by atoms with Crippen molar-refractivity contribution in [2.45, 2.75) is 20.0 Å². The van der Waals surface area contributed by atoms with Crippen LogP contribution in [0.3, 0.4) is 0 Å². The van der Waals surface area contributed by atoms with Crippen LogP contribution >= 0.6 is 0 Å². The van der Waals surface area contributed by atoms with Crippen molar-refractivity contribution in [1.82, 2.24) is 0 Å². The quantitative estimate of drug-likeness (QED) is 0.881. The van der Waals surface area contributed by atoms with Gasteiger partial charge in [0.05, 0.1) is 0 Å². The number of aryl methyl sites for hydroxylation is 1. The molecular formula is C14H14O3. The van der Waals surface area contributed by atoms with Gasteiger partial charge in [-0.15, -0.1) is 0 Å². The topological polar surface area (TPSA) is 46.5 Å². The van der Waals surface area contributed by atoms with Gasteiger partial charge in [-0.1, -0.05) is 36.4 Å². The second-order valence-corrected chi connectivity index (χ2v) is 4.03. The third-order valence-electron chi connectivity index (χ3n) is 2.72. The van der Waals surface area contributed by atoms with Crippen molar-refractivity contribution in [2.75, 3.05) is 0 Å². The van der Waals surface area contributed by atoms with Crippen LogP contribution in [0.4, 0.5) is 0 Å². The molecule has 0 spiro atoms. The van der Waals surface area contributed by atoms with Gasteiger partial charge in [0.1, 0.15) is 5.75 Å². The maximum atomic E-state index is 10.8. The Morgan fingerprint density at radius 1 is 1.24 bits per heavy atom. The molecule has 0 saturated carbocycles. The molecule has 0 aromatic heterocycles. The van der Waals surface area contributed by atoms with Gasteiger partial charge in [-0.25, -0.2) is 4.79 Å². The normalized spacial score (nSPS) is 12.4. The molecule has 0 amide bonds. The van der Waals surface area contributed by atoms with E-state index in [-0.39, 0.29) is 0 Å². The van der Waals surface area contributed by atoms with Gasteiger partial charge in [-0.2, -0.15) is 0 Å². The first-order chi connectivity index (χ1) is 8.09. The van der Waals surface area contributed by atoms with Crippen molar-refractivity contribution in [3.63, 3.8) is 0 Å². The van der Waals surface area contributed by atoms with Crippen molar-refractivity contribution >= 4 is 16.7 Å². The third kappa shape index (κ3) is 2.23. The van der Waals surface area contributed by atoms with Crippen LogP contribution in [0.2, 0.25) is 0 Å². The zero-order valence-electron chi connectivity index (χ0n) is 9.81. The van der Waals surface area contributed by atoms with Gasteiger partial charge >= 0.3 is 5.97 Å². The number of hydrogen-bond donors (Lipinski definition) is 1. The van der Waals surface area contributed by atoms with Gasteiger partial charge in [0.25, 0.3) is 0 Å². The molecule has 1 atom stereocenters. The molecule has 0 unspecified atom stereocenters. The summed E-state index contributed by atoms with van der Waals surface area (Å²) >= 11 is 0. The summed E-state index contributed by atoms with van der Waals surface area (Å²) in [7, 11) is 0. The molecule has 0 fully saturated rings. The first-order valence-corrected chi connectivity index (χ1v) is 5.47. The predicted molar refractivity (Wildman–Crippen MR) is 66.4 cm³/mol. The highest BCUT2D eigenvalue weighted by atomic mass is 16.5. The standard InChI is InChI=1S/C14H14O3/c1-9-7-8-11-5-3-4-6-12(11)13(9)17-10(2)14(15)16/h3-8,10H,1-2H3,(H,15,16)/t10-/m0/s1. The Bertz CT molecular complexity index is 560. The smallest absolute Gasteiger partial charge is 0.344 e. The zero-order valence-corrected chi connectivity index (χ0v) is 9.81. The summed E-state index contributed by atoms with van der Waals surface area (Å²) in [5.74, 6) is -0.310. The molecule has 17 heavy (non-hydrogen) atoms. The minimum Gasteiger partial charge on any atom is -0.479 e. The van der Waals surface area contributed by atoms with Crippen molar-refractivity contribution in [1.29, 1.82) is 0 Å². The second-order valence-electron chi connectivity index (χ2n) is 4.03. The fourth-order valence-electron chi connectivity index (χ4n) is 1.74. The number of rotatable bonds is 3. The lowest BCUT2D eigenvalue weighted by molar-refractivity contribution is -0.144. The minimum absolute atomic E-state index is 0.651. The van der Waals surface area contributed by atoms with Gasteiger partial charge in [0.15, 0.2) is 6.10 Å². The van der Waals surface area contributed by atoms with Crippen LogP contribution in [0.1, 0.15) is 12.5 Å². The molecule has 0 aliphatic heterocycles. The molecular weight excluding hydrogens is 216 g/mol. The number of fused-ring (bicyclic) bond motifs is 1. The van der Waals surface area contributed by atoms with Gasteiger partial charge in [0, 0.05) is 5.39 Å². The minimum atomic E-state index is -0.961. The van der Waals surface area contributed by atoms with E-state index in [0.29, 0.717) is 5.75 Å². The lowest BCUT2D eigenvalue weighted by atomic mass is 10.1. The highest BCUT2D eigenvalue weighted by molar-refractivity contribution is 5.89. The van der Waals surface area contributed by atoms with Gasteiger partial charge < -0.3 is 9.84 Å². The van der Waals surface area contributed by atoms with E-state index in [1.807, 2.05) is 43.3 Å². The van der Waals surface area contributed by atoms with E-state index in [1.54, 1.807) is 0 Å². The molecule has 0 aliphatic carbocycles. The van der Waals surface area contributed by atoms with E-state index in [2.05, 4.69) is 0 Å². The molecule has 3 heteroatoms. The number of carboxylic acids is 1. The van der Waals surface area contributed by atoms with E-state index in [4.69, 9.17) is 9.84 Å². The summed E-state index contributed by atoms with van der Waals surface area (Å²) in [5.41, 5.74) is 0.941. The maximum absolute atomic E-state index is 10.8. The summed E-state index contributed by atoms with van der Waals surface area (Å²) in [6, 6.07) is 11.7. The number of benzene rings is 2. The van der Waals surface area contributed by atoms with Crippen LogP contribution in [-0.4, -0.2) is 17.2 Å². The molecule has 2 aromatic rings. The zero-order chi connectivity index (χ0) is 12.4. The Labute approximate surface area is 99.6 Å². The molecule has 3 nitrogen and oxygen atoms in total. The van der Waals surface area contributed by atoms with Crippen LogP contribution in [0.25, 0.3) is 10.8 Å². The maximum Gasteiger partial charge on any atom is 0.344 e. The molecule has 1 N–H and O–H groups in total. The molecule has 0 aliphatic rings. The molecule has 0 saturated heterocycles. The van der Waals surface area contributed by atoms with Gasteiger partial charge in [-0.05, 0) is 24.8 Å². The summed E-state index contributed by atoms with van der Waals surface area (Å²) in [4.78, 5) is 10.8. The Morgan fingerprint density at radius 3 is 2.65 bits per heavy atom. The molecule has 2 aromatic carbocycles. The fourth-order valence-corrected chi connectivity index (χ4v) is 1.74. The van der Waals surface area contributed by atoms with E-state index >= 15 is 0 Å². The highest BCUT2D eigenvalue weighted by Crippen LogP contribution is 2.30. The van der Waals surface area contributed by atoms with Crippen LogP contribution in [0.15, 0.2) is 36.4 Å². The Morgan fingerprint density at radius 2 is 1.94 bits per heavy atom. The van der Waals surface area contributed by atoms with Gasteiger partial charge in [0.2, 0.25) is 0 Å². The molecule has 2 rings (SSSR count). The van der Waals surface area contributed by atoms with Crippen LogP contribution in [0.5, 0.6) is 5.75 Å². The number of aliphatic carboxylic acids is 1. The number of ether oxygens (including phenoxy) is 1. The monoisotopic (exact) mass is 230 g/mol. The van der Waals surface area contributed by atoms with Crippen molar-refractivity contribution in [3.8, 4) is 5.75 Å². The molecule has 88 valence electrons. The third-order valence-corrected chi connectivity index (χ3v) is 2.72. The second kappa shape index (κ2) is 4.45. The van der Waals surface area contributed by atoms with Crippen LogP contribution in [-0.2, 0) is 4.79 Å². The average molecular weight is 230 g/mol. The summed E-state index contributed by atoms with van der Waals surface area (Å²) in [6.45, 7) is 3.44. The molecule has 0 radical (unpaired) electrons. The lowest BCUT2D eigenvalue weighted by Gasteiger charge is -2.15. The van der Waals surface area contributed by atoms with E-state index in [1.165, 1.54) is 6.92 Å². The number of carboxylic acid groups (broad SMARTS) is 1. The van der Waals surface area contributed by atoms with Crippen LogP contribution in [0, 0.1) is 6.92 Å². The van der Waals surface area contributed by atoms with Crippen LogP contribution < -0.4 is 4.74 Å². The Balaban J connectivity index is 2.51. The van der Waals surface area contributed by atoms with E-state index < -0.39 is 12.1 Å². The summed E-state index contributed by atoms with van der Waals surface area (Å²) in [5, 5.41) is 10.9. The Hall–Kier alpha value is -2.03. The molecule has 0 bridgehead atoms. The van der Waals surface area contributed by atoms with Crippen molar-refractivity contribution in [3.05, 3.63) is 42.0 Å². The average Bonchev–Trinajstić information content (AvgIpc) is 2.32. The van der Waals surface area contributed by atoms with E-state index in [0.717, 1.165) is 16.3 Å². The number of hydrogen-bond acceptors (Lipinski definition) is 2. The first kappa shape index (κ1) is 11.5. The Kier molecular flexibility index (Phi) is 3.00. The van der Waals surface area contributed by atoms with Crippen molar-refractivity contribution in [2.24, 2.45) is 0 Å². The van der Waals surface area contributed by atoms with E-state index in [9.17, 15) is 4.79 Å². The highest BCUT2D eigenvalue weighted by Gasteiger charge is 2.15. The first-order valence-electron chi connectivity index (χ1n) is 5.47. The van der Waals surface area contributed by atoms with Crippen molar-refractivity contribution < 1.29 is 14.6 Å². The summed E-state index contributed by atoms with van der Waals surface area (Å²) in [6.07, 6.45) is -0.848. The fraction of sp³-hybridized carbons (Fsp3) is 0.214. The van der Waals surface area contributed by atoms with Gasteiger partial charge in [-0.3, -0.25) is 0 Å². The summed E-state index contributed by atoms with van der Waals surface area (Å²) < 4.78 is 5.52. The largest absolute Gasteiger partial charge is 0.479 e. The SMILES string of the molecule is Cc1ccc2ccccc2c1O[C@@H](C)C(=O)O.